The smallest absolute Gasteiger partial charge is 0.371 e. The molecule has 29 heavy (non-hydrogen) atoms. The molecule has 3 rings (SSSR count). The van der Waals surface area contributed by atoms with Crippen molar-refractivity contribution in [2.24, 2.45) is 5.41 Å². The Morgan fingerprint density at radius 3 is 2.38 bits per heavy atom. The van der Waals surface area contributed by atoms with Crippen molar-refractivity contribution in [2.75, 3.05) is 13.1 Å². The molecule has 0 radical (unpaired) electrons. The van der Waals surface area contributed by atoms with Crippen LogP contribution in [0.15, 0.2) is 66.4 Å². The molecule has 1 saturated heterocycles. The highest BCUT2D eigenvalue weighted by atomic mass is 35.5. The van der Waals surface area contributed by atoms with Gasteiger partial charge in [-0.05, 0) is 49.1 Å². The molecule has 0 aliphatic carbocycles. The Bertz CT molecular complexity index is 895. The molecule has 1 atom stereocenters. The number of hydrogen-bond acceptors (Lipinski definition) is 4. The van der Waals surface area contributed by atoms with Crippen molar-refractivity contribution in [1.82, 2.24) is 4.90 Å². The fourth-order valence-corrected chi connectivity index (χ4v) is 4.09. The second-order valence-electron chi connectivity index (χ2n) is 7.58. The fourth-order valence-electron chi connectivity index (χ4n) is 3.97. The summed E-state index contributed by atoms with van der Waals surface area (Å²) in [6.45, 7) is 2.07. The maximum absolute atomic E-state index is 13.2. The first kappa shape index (κ1) is 21.1. The third-order valence-electron chi connectivity index (χ3n) is 5.37. The van der Waals surface area contributed by atoms with Gasteiger partial charge in [-0.2, -0.15) is 0 Å². The van der Waals surface area contributed by atoms with Crippen molar-refractivity contribution in [1.29, 1.82) is 0 Å². The van der Waals surface area contributed by atoms with E-state index in [1.54, 1.807) is 12.1 Å². The van der Waals surface area contributed by atoms with Crippen LogP contribution >= 0.6 is 11.6 Å². The summed E-state index contributed by atoms with van der Waals surface area (Å²) in [5, 5.41) is 19.3. The predicted molar refractivity (Wildman–Crippen MR) is 112 cm³/mol. The Kier molecular flexibility index (Phi) is 6.72. The zero-order valence-corrected chi connectivity index (χ0v) is 16.8. The fraction of sp³-hybridized carbons (Fsp3) is 0.304. The Hall–Kier alpha value is -2.63. The predicted octanol–water partition coefficient (Wildman–Crippen LogP) is 4.26. The van der Waals surface area contributed by atoms with Gasteiger partial charge in [0.15, 0.2) is 5.78 Å². The Morgan fingerprint density at radius 2 is 1.72 bits per heavy atom. The molecule has 1 fully saturated rings. The van der Waals surface area contributed by atoms with Crippen LogP contribution in [0.2, 0.25) is 5.02 Å². The monoisotopic (exact) mass is 413 g/mol. The molecule has 1 heterocycles. The van der Waals surface area contributed by atoms with Gasteiger partial charge in [-0.25, -0.2) is 4.79 Å². The van der Waals surface area contributed by atoms with Gasteiger partial charge in [0.05, 0.1) is 0 Å². The number of likely N-dealkylation sites (tertiary alicyclic amines) is 1. The minimum Gasteiger partial charge on any atom is -0.502 e. The van der Waals surface area contributed by atoms with E-state index < -0.39 is 17.1 Å². The summed E-state index contributed by atoms with van der Waals surface area (Å²) < 4.78 is 0. The van der Waals surface area contributed by atoms with Crippen LogP contribution in [0, 0.1) is 5.41 Å². The van der Waals surface area contributed by atoms with Gasteiger partial charge < -0.3 is 10.2 Å². The first-order valence-corrected chi connectivity index (χ1v) is 9.95. The lowest BCUT2D eigenvalue weighted by Gasteiger charge is -2.41. The van der Waals surface area contributed by atoms with Crippen LogP contribution in [0.5, 0.6) is 0 Å². The van der Waals surface area contributed by atoms with E-state index >= 15 is 0 Å². The minimum absolute atomic E-state index is 0.356. The van der Waals surface area contributed by atoms with Crippen molar-refractivity contribution >= 4 is 23.4 Å². The lowest BCUT2D eigenvalue weighted by atomic mass is 9.71. The minimum atomic E-state index is -1.50. The highest BCUT2D eigenvalue weighted by Gasteiger charge is 2.41. The molecule has 0 amide bonds. The number of piperidine rings is 1. The largest absolute Gasteiger partial charge is 0.502 e. The van der Waals surface area contributed by atoms with Crippen LogP contribution in [0.1, 0.15) is 24.0 Å². The summed E-state index contributed by atoms with van der Waals surface area (Å²) in [6.07, 6.45) is 2.76. The zero-order valence-electron chi connectivity index (χ0n) is 16.1. The summed E-state index contributed by atoms with van der Waals surface area (Å²) >= 11 is 5.99. The number of nitrogens with zero attached hydrogens (tertiary/aromatic N) is 1. The molecular formula is C23H24ClNO4. The van der Waals surface area contributed by atoms with Crippen molar-refractivity contribution in [3.63, 3.8) is 0 Å². The number of carbonyl (C=O) groups excluding carboxylic acids is 1. The maximum atomic E-state index is 13.2. The first-order chi connectivity index (χ1) is 13.9. The number of carboxylic acid groups (broad SMARTS) is 1. The van der Waals surface area contributed by atoms with Gasteiger partial charge in [0.2, 0.25) is 5.76 Å². The molecule has 0 spiro atoms. The van der Waals surface area contributed by atoms with E-state index in [1.807, 2.05) is 42.5 Å². The van der Waals surface area contributed by atoms with Crippen LogP contribution in [-0.4, -0.2) is 40.0 Å². The zero-order chi connectivity index (χ0) is 20.9. The van der Waals surface area contributed by atoms with Crippen LogP contribution in [0.25, 0.3) is 0 Å². The average Bonchev–Trinajstić information content (AvgIpc) is 2.70. The second-order valence-corrected chi connectivity index (χ2v) is 8.02. The summed E-state index contributed by atoms with van der Waals surface area (Å²) in [5.41, 5.74) is 1.31. The Morgan fingerprint density at radius 1 is 1.03 bits per heavy atom. The van der Waals surface area contributed by atoms with Crippen molar-refractivity contribution in [3.8, 4) is 0 Å². The van der Waals surface area contributed by atoms with Crippen LogP contribution in [0.3, 0.4) is 0 Å². The van der Waals surface area contributed by atoms with Gasteiger partial charge in [0, 0.05) is 29.6 Å². The van der Waals surface area contributed by atoms with Gasteiger partial charge in [-0.1, -0.05) is 54.1 Å². The molecule has 2 aromatic carbocycles. The van der Waals surface area contributed by atoms with Crippen LogP contribution in [-0.2, 0) is 22.6 Å². The Labute approximate surface area is 175 Å². The van der Waals surface area contributed by atoms with Crippen molar-refractivity contribution in [2.45, 2.75) is 25.8 Å². The second kappa shape index (κ2) is 9.25. The first-order valence-electron chi connectivity index (χ1n) is 9.57. The molecule has 2 N–H and O–H groups in total. The number of aliphatic hydroxyl groups is 1. The van der Waals surface area contributed by atoms with Gasteiger partial charge in [0.1, 0.15) is 0 Å². The molecule has 5 nitrogen and oxygen atoms in total. The van der Waals surface area contributed by atoms with Gasteiger partial charge in [-0.15, -0.1) is 0 Å². The van der Waals surface area contributed by atoms with E-state index in [2.05, 4.69) is 4.90 Å². The van der Waals surface area contributed by atoms with E-state index in [0.29, 0.717) is 31.0 Å². The molecule has 0 unspecified atom stereocenters. The van der Waals surface area contributed by atoms with Gasteiger partial charge in [0.25, 0.3) is 0 Å². The highest BCUT2D eigenvalue weighted by molar-refractivity contribution is 6.30. The van der Waals surface area contributed by atoms with Crippen LogP contribution < -0.4 is 0 Å². The number of carboxylic acids is 1. The van der Waals surface area contributed by atoms with E-state index in [4.69, 9.17) is 16.7 Å². The lowest BCUT2D eigenvalue weighted by Crippen LogP contribution is -2.48. The number of carbonyl (C=O) groups is 2. The quantitative estimate of drug-likeness (QED) is 0.523. The summed E-state index contributed by atoms with van der Waals surface area (Å²) in [5.74, 6) is -2.78. The number of benzene rings is 2. The molecule has 1 aliphatic rings. The summed E-state index contributed by atoms with van der Waals surface area (Å²) in [6, 6.07) is 17.4. The van der Waals surface area contributed by atoms with Gasteiger partial charge in [-0.3, -0.25) is 9.69 Å². The highest BCUT2D eigenvalue weighted by Crippen LogP contribution is 2.36. The molecular weight excluding hydrogens is 390 g/mol. The number of aliphatic carboxylic acids is 1. The normalized spacial score (nSPS) is 20.4. The number of rotatable bonds is 7. The molecule has 152 valence electrons. The molecule has 6 heteroatoms. The van der Waals surface area contributed by atoms with E-state index in [9.17, 15) is 14.7 Å². The summed E-state index contributed by atoms with van der Waals surface area (Å²) in [7, 11) is 0. The van der Waals surface area contributed by atoms with E-state index in [-0.39, 0.29) is 5.78 Å². The number of allylic oxidation sites excluding steroid dienone is 1. The molecule has 1 aliphatic heterocycles. The summed E-state index contributed by atoms with van der Waals surface area (Å²) in [4.78, 5) is 26.4. The lowest BCUT2D eigenvalue weighted by molar-refractivity contribution is -0.136. The van der Waals surface area contributed by atoms with Gasteiger partial charge >= 0.3 is 5.97 Å². The van der Waals surface area contributed by atoms with Crippen molar-refractivity contribution < 1.29 is 19.8 Å². The molecule has 0 bridgehead atoms. The third-order valence-corrected chi connectivity index (χ3v) is 5.62. The third kappa shape index (κ3) is 5.46. The van der Waals surface area contributed by atoms with E-state index in [0.717, 1.165) is 30.2 Å². The molecule has 2 aromatic rings. The van der Waals surface area contributed by atoms with Crippen LogP contribution in [0.4, 0.5) is 0 Å². The molecule has 0 saturated carbocycles. The number of ketones is 1. The topological polar surface area (TPSA) is 77.8 Å². The van der Waals surface area contributed by atoms with Crippen molar-refractivity contribution in [3.05, 3.63) is 82.6 Å². The SMILES string of the molecule is O=C(O)/C(O)=C/C(=O)[C@]1(Cc2ccc(Cl)cc2)CCCN(Cc2ccccc2)C1. The number of halogens is 1. The van der Waals surface area contributed by atoms with E-state index in [1.165, 1.54) is 0 Å². The molecule has 0 aromatic heterocycles. The standard InChI is InChI=1S/C23H24ClNO4/c24-19-9-7-17(8-10-19)14-23(21(27)13-20(26)22(28)29)11-4-12-25(16-23)15-18-5-2-1-3-6-18/h1-3,5-10,13,26H,4,11-12,14-16H2,(H,28,29)/b20-13-/t23-/m0/s1. The maximum Gasteiger partial charge on any atom is 0.371 e. The average molecular weight is 414 g/mol. The number of aliphatic hydroxyl groups excluding tert-OH is 1. The Balaban J connectivity index is 1.88. The number of hydrogen-bond donors (Lipinski definition) is 2.